The van der Waals surface area contributed by atoms with Gasteiger partial charge in [-0.25, -0.2) is 9.97 Å². The molecule has 0 bridgehead atoms. The molecule has 0 unspecified atom stereocenters. The van der Waals surface area contributed by atoms with E-state index in [4.69, 9.17) is 4.74 Å². The van der Waals surface area contributed by atoms with Crippen LogP contribution in [0.1, 0.15) is 50.9 Å². The monoisotopic (exact) mass is 220 g/mol. The van der Waals surface area contributed by atoms with E-state index < -0.39 is 0 Å². The van der Waals surface area contributed by atoms with Crippen molar-refractivity contribution in [1.82, 2.24) is 9.97 Å². The van der Waals surface area contributed by atoms with Crippen molar-refractivity contribution in [1.29, 1.82) is 0 Å². The minimum atomic E-state index is 0.133. The van der Waals surface area contributed by atoms with Gasteiger partial charge in [0.2, 0.25) is 0 Å². The van der Waals surface area contributed by atoms with E-state index in [0.717, 1.165) is 31.9 Å². The summed E-state index contributed by atoms with van der Waals surface area (Å²) in [6.45, 7) is 8.23. The summed E-state index contributed by atoms with van der Waals surface area (Å²) in [7, 11) is 0. The summed E-state index contributed by atoms with van der Waals surface area (Å²) < 4.78 is 5.34. The second kappa shape index (κ2) is 4.50. The summed E-state index contributed by atoms with van der Waals surface area (Å²) in [5.74, 6) is 1.47. The first kappa shape index (κ1) is 11.5. The molecule has 3 heteroatoms. The summed E-state index contributed by atoms with van der Waals surface area (Å²) in [4.78, 5) is 9.00. The Balaban J connectivity index is 2.12. The number of hydrogen-bond donors (Lipinski definition) is 0. The lowest BCUT2D eigenvalue weighted by Gasteiger charge is -2.22. The molecule has 0 spiro atoms. The van der Waals surface area contributed by atoms with Gasteiger partial charge in [0.15, 0.2) is 0 Å². The Morgan fingerprint density at radius 3 is 2.19 bits per heavy atom. The molecule has 0 radical (unpaired) electrons. The van der Waals surface area contributed by atoms with Crippen LogP contribution in [-0.4, -0.2) is 23.2 Å². The molecule has 2 heterocycles. The maximum Gasteiger partial charge on any atom is 0.131 e. The van der Waals surface area contributed by atoms with Gasteiger partial charge in [0.25, 0.3) is 0 Å². The molecule has 0 aliphatic carbocycles. The fourth-order valence-electron chi connectivity index (χ4n) is 1.89. The van der Waals surface area contributed by atoms with Gasteiger partial charge < -0.3 is 4.74 Å². The smallest absolute Gasteiger partial charge is 0.131 e. The van der Waals surface area contributed by atoms with Crippen LogP contribution in [-0.2, 0) is 10.2 Å². The lowest BCUT2D eigenvalue weighted by atomic mass is 9.89. The Hall–Kier alpha value is -0.960. The van der Waals surface area contributed by atoms with E-state index in [0.29, 0.717) is 5.92 Å². The molecule has 1 aromatic rings. The van der Waals surface area contributed by atoms with Gasteiger partial charge in [-0.1, -0.05) is 20.8 Å². The molecule has 0 aromatic carbocycles. The average Bonchev–Trinajstić information content (AvgIpc) is 2.29. The van der Waals surface area contributed by atoms with Gasteiger partial charge in [-0.05, 0) is 23.8 Å². The normalized spacial score (nSPS) is 18.7. The molecule has 3 nitrogen and oxygen atoms in total. The van der Waals surface area contributed by atoms with Gasteiger partial charge in [0.05, 0.1) is 0 Å². The van der Waals surface area contributed by atoms with Crippen LogP contribution in [0.3, 0.4) is 0 Å². The van der Waals surface area contributed by atoms with Gasteiger partial charge in [-0.3, -0.25) is 0 Å². The number of hydrogen-bond acceptors (Lipinski definition) is 3. The zero-order valence-corrected chi connectivity index (χ0v) is 10.4. The van der Waals surface area contributed by atoms with E-state index in [1.54, 1.807) is 0 Å². The standard InChI is InChI=1S/C13H20N2O/c1-13(2,3)11-8-14-12(15-9-11)10-4-6-16-7-5-10/h8-10H,4-7H2,1-3H3. The fourth-order valence-corrected chi connectivity index (χ4v) is 1.89. The van der Waals surface area contributed by atoms with Gasteiger partial charge in [0.1, 0.15) is 5.82 Å². The van der Waals surface area contributed by atoms with Crippen LogP contribution in [0.4, 0.5) is 0 Å². The van der Waals surface area contributed by atoms with Crippen molar-refractivity contribution in [2.75, 3.05) is 13.2 Å². The first-order chi connectivity index (χ1) is 7.57. The van der Waals surface area contributed by atoms with E-state index in [1.165, 1.54) is 5.56 Å². The molecule has 0 amide bonds. The second-order valence-electron chi connectivity index (χ2n) is 5.47. The second-order valence-corrected chi connectivity index (χ2v) is 5.47. The summed E-state index contributed by atoms with van der Waals surface area (Å²) >= 11 is 0. The first-order valence-corrected chi connectivity index (χ1v) is 5.97. The maximum absolute atomic E-state index is 5.34. The van der Waals surface area contributed by atoms with Crippen molar-refractivity contribution in [2.24, 2.45) is 0 Å². The van der Waals surface area contributed by atoms with E-state index >= 15 is 0 Å². The summed E-state index contributed by atoms with van der Waals surface area (Å²) in [5.41, 5.74) is 1.33. The van der Waals surface area contributed by atoms with E-state index in [2.05, 4.69) is 30.7 Å². The van der Waals surface area contributed by atoms with E-state index in [1.807, 2.05) is 12.4 Å². The van der Waals surface area contributed by atoms with E-state index in [-0.39, 0.29) is 5.41 Å². The molecular formula is C13H20N2O. The quantitative estimate of drug-likeness (QED) is 0.730. The summed E-state index contributed by atoms with van der Waals surface area (Å²) in [6, 6.07) is 0. The van der Waals surface area contributed by atoms with Gasteiger partial charge in [-0.15, -0.1) is 0 Å². The number of rotatable bonds is 1. The minimum Gasteiger partial charge on any atom is -0.381 e. The van der Waals surface area contributed by atoms with Crippen molar-refractivity contribution in [3.63, 3.8) is 0 Å². The van der Waals surface area contributed by atoms with Crippen LogP contribution in [0, 0.1) is 0 Å². The highest BCUT2D eigenvalue weighted by atomic mass is 16.5. The molecule has 0 saturated carbocycles. The number of nitrogens with zero attached hydrogens (tertiary/aromatic N) is 2. The third-order valence-electron chi connectivity index (χ3n) is 3.12. The number of ether oxygens (including phenoxy) is 1. The Kier molecular flexibility index (Phi) is 3.24. The topological polar surface area (TPSA) is 35.0 Å². The molecular weight excluding hydrogens is 200 g/mol. The molecule has 88 valence electrons. The molecule has 2 rings (SSSR count). The SMILES string of the molecule is CC(C)(C)c1cnc(C2CCOCC2)nc1. The predicted octanol–water partition coefficient (Wildman–Crippen LogP) is 2.67. The van der Waals surface area contributed by atoms with Crippen LogP contribution >= 0.6 is 0 Å². The largest absolute Gasteiger partial charge is 0.381 e. The van der Waals surface area contributed by atoms with E-state index in [9.17, 15) is 0 Å². The molecule has 0 N–H and O–H groups in total. The molecule has 0 atom stereocenters. The third kappa shape index (κ3) is 2.59. The Labute approximate surface area is 97.3 Å². The van der Waals surface area contributed by atoms with Crippen LogP contribution in [0.25, 0.3) is 0 Å². The summed E-state index contributed by atoms with van der Waals surface area (Å²) in [6.07, 6.45) is 6.04. The van der Waals surface area contributed by atoms with Gasteiger partial charge in [0, 0.05) is 31.5 Å². The average molecular weight is 220 g/mol. The summed E-state index contributed by atoms with van der Waals surface area (Å²) in [5, 5.41) is 0. The molecule has 16 heavy (non-hydrogen) atoms. The Morgan fingerprint density at radius 2 is 1.69 bits per heavy atom. The molecule has 1 aliphatic heterocycles. The minimum absolute atomic E-state index is 0.133. The highest BCUT2D eigenvalue weighted by Crippen LogP contribution is 2.25. The van der Waals surface area contributed by atoms with Crippen LogP contribution in [0.15, 0.2) is 12.4 Å². The number of aromatic nitrogens is 2. The van der Waals surface area contributed by atoms with Crippen molar-refractivity contribution < 1.29 is 4.74 Å². The first-order valence-electron chi connectivity index (χ1n) is 5.97. The van der Waals surface area contributed by atoms with Crippen LogP contribution in [0.5, 0.6) is 0 Å². The van der Waals surface area contributed by atoms with Crippen LogP contribution < -0.4 is 0 Å². The van der Waals surface area contributed by atoms with Crippen LogP contribution in [0.2, 0.25) is 0 Å². The Morgan fingerprint density at radius 1 is 1.12 bits per heavy atom. The lowest BCUT2D eigenvalue weighted by Crippen LogP contribution is -2.18. The highest BCUT2D eigenvalue weighted by molar-refractivity contribution is 5.16. The molecule has 1 aliphatic rings. The lowest BCUT2D eigenvalue weighted by molar-refractivity contribution is 0.0835. The molecule has 1 saturated heterocycles. The third-order valence-corrected chi connectivity index (χ3v) is 3.12. The zero-order chi connectivity index (χ0) is 11.6. The predicted molar refractivity (Wildman–Crippen MR) is 63.5 cm³/mol. The van der Waals surface area contributed by atoms with Crippen molar-refractivity contribution in [2.45, 2.75) is 44.9 Å². The van der Waals surface area contributed by atoms with Crippen molar-refractivity contribution >= 4 is 0 Å². The van der Waals surface area contributed by atoms with Crippen molar-refractivity contribution in [3.8, 4) is 0 Å². The highest BCUT2D eigenvalue weighted by Gasteiger charge is 2.20. The zero-order valence-electron chi connectivity index (χ0n) is 10.4. The molecule has 1 fully saturated rings. The van der Waals surface area contributed by atoms with Crippen molar-refractivity contribution in [3.05, 3.63) is 23.8 Å². The maximum atomic E-state index is 5.34. The Bertz CT molecular complexity index is 334. The fraction of sp³-hybridized carbons (Fsp3) is 0.692. The van der Waals surface area contributed by atoms with Gasteiger partial charge >= 0.3 is 0 Å². The molecule has 1 aromatic heterocycles. The van der Waals surface area contributed by atoms with Gasteiger partial charge in [-0.2, -0.15) is 0 Å².